The molecule has 0 amide bonds. The largest absolute Gasteiger partial charge is 0.463 e. The fourth-order valence-electron chi connectivity index (χ4n) is 6.79. The van der Waals surface area contributed by atoms with Crippen molar-refractivity contribution in [2.24, 2.45) is 11.8 Å². The van der Waals surface area contributed by atoms with E-state index in [9.17, 15) is 4.79 Å². The zero-order valence-corrected chi connectivity index (χ0v) is 29.1. The lowest BCUT2D eigenvalue weighted by molar-refractivity contribution is -0.137. The fourth-order valence-corrected chi connectivity index (χ4v) is 8.84. The van der Waals surface area contributed by atoms with Gasteiger partial charge in [-0.3, -0.25) is 4.79 Å². The van der Waals surface area contributed by atoms with Gasteiger partial charge < -0.3 is 28.9 Å². The lowest BCUT2D eigenvalue weighted by atomic mass is 9.80. The summed E-state index contributed by atoms with van der Waals surface area (Å²) in [6, 6.07) is 28.1. The SMILES string of the molecule is O=C(C1CCOC(c2sc(NCc3ccccc3)nc2-c2ccco2)C1)C1CCOC(c2sc(NCc3ccccc3)nc2-c2ccco2)C1. The first-order valence-electron chi connectivity index (χ1n) is 17.1. The zero-order valence-electron chi connectivity index (χ0n) is 27.5. The Balaban J connectivity index is 0.977. The summed E-state index contributed by atoms with van der Waals surface area (Å²) >= 11 is 3.15. The summed E-state index contributed by atoms with van der Waals surface area (Å²) in [5, 5.41) is 8.55. The van der Waals surface area contributed by atoms with E-state index >= 15 is 0 Å². The first-order chi connectivity index (χ1) is 24.7. The van der Waals surface area contributed by atoms with Gasteiger partial charge in [0.25, 0.3) is 0 Å². The van der Waals surface area contributed by atoms with Crippen LogP contribution in [0.3, 0.4) is 0 Å². The van der Waals surface area contributed by atoms with Crippen LogP contribution in [-0.2, 0) is 27.4 Å². The number of hydrogen-bond acceptors (Lipinski definition) is 11. The molecule has 2 saturated heterocycles. The van der Waals surface area contributed by atoms with Gasteiger partial charge in [0.05, 0.1) is 34.5 Å². The Labute approximate surface area is 298 Å². The van der Waals surface area contributed by atoms with Gasteiger partial charge in [0.15, 0.2) is 21.8 Å². The van der Waals surface area contributed by atoms with Gasteiger partial charge in [-0.2, -0.15) is 0 Å². The van der Waals surface area contributed by atoms with Crippen molar-refractivity contribution >= 4 is 38.7 Å². The number of anilines is 2. The summed E-state index contributed by atoms with van der Waals surface area (Å²) in [5.74, 6) is 1.47. The number of rotatable bonds is 12. The highest BCUT2D eigenvalue weighted by Crippen LogP contribution is 2.46. The molecule has 256 valence electrons. The van der Waals surface area contributed by atoms with Gasteiger partial charge in [0.1, 0.15) is 17.2 Å². The van der Waals surface area contributed by atoms with Gasteiger partial charge in [0.2, 0.25) is 0 Å². The number of Topliss-reactive ketones (excluding diaryl/α,β-unsaturated/α-hetero) is 1. The van der Waals surface area contributed by atoms with Crippen molar-refractivity contribution in [1.29, 1.82) is 0 Å². The monoisotopic (exact) mass is 706 g/mol. The van der Waals surface area contributed by atoms with Crippen LogP contribution in [0.1, 0.15) is 58.8 Å². The molecule has 8 rings (SSSR count). The third kappa shape index (κ3) is 7.32. The highest BCUT2D eigenvalue weighted by Gasteiger charge is 2.39. The molecule has 2 N–H and O–H groups in total. The Hall–Kier alpha value is -4.55. The molecular formula is C39H38N4O5S2. The van der Waals surface area contributed by atoms with E-state index in [1.54, 1.807) is 35.2 Å². The first kappa shape index (κ1) is 32.6. The van der Waals surface area contributed by atoms with Crippen LogP contribution in [0.25, 0.3) is 22.9 Å². The number of nitrogens with zero attached hydrogens (tertiary/aromatic N) is 2. The predicted molar refractivity (Wildman–Crippen MR) is 195 cm³/mol. The van der Waals surface area contributed by atoms with Crippen molar-refractivity contribution < 1.29 is 23.1 Å². The molecule has 11 heteroatoms. The van der Waals surface area contributed by atoms with Crippen LogP contribution in [0.15, 0.2) is 106 Å². The standard InChI is InChI=1S/C39H38N4O5S2/c44-35(27-15-19-47-31(21-27)36-33(29-13-7-17-45-29)42-38(49-36)40-23-25-9-3-1-4-10-25)28-16-20-48-32(22-28)37-34(30-14-8-18-46-30)43-39(50-37)41-24-26-11-5-2-6-12-26/h1-14,17-18,27-28,31-32H,15-16,19-24H2,(H,40,42)(H,41,43). The number of thiazole rings is 2. The number of carbonyl (C=O) groups excluding carboxylic acids is 1. The maximum atomic E-state index is 14.3. The summed E-state index contributed by atoms with van der Waals surface area (Å²) < 4.78 is 24.3. The summed E-state index contributed by atoms with van der Waals surface area (Å²) in [4.78, 5) is 26.1. The van der Waals surface area contributed by atoms with E-state index in [2.05, 4.69) is 34.9 Å². The van der Waals surface area contributed by atoms with Crippen LogP contribution in [0.4, 0.5) is 10.3 Å². The molecule has 4 atom stereocenters. The minimum Gasteiger partial charge on any atom is -0.463 e. The Morgan fingerprint density at radius 2 is 1.10 bits per heavy atom. The van der Waals surface area contributed by atoms with Gasteiger partial charge in [0, 0.05) is 38.1 Å². The van der Waals surface area contributed by atoms with Crippen molar-refractivity contribution in [3.05, 3.63) is 118 Å². The van der Waals surface area contributed by atoms with E-state index in [0.29, 0.717) is 69.3 Å². The number of nitrogens with one attached hydrogen (secondary N) is 2. The molecule has 0 aliphatic carbocycles. The first-order valence-corrected chi connectivity index (χ1v) is 18.7. The zero-order chi connectivity index (χ0) is 33.7. The topological polar surface area (TPSA) is 112 Å². The molecule has 6 heterocycles. The van der Waals surface area contributed by atoms with Crippen molar-refractivity contribution in [1.82, 2.24) is 9.97 Å². The van der Waals surface area contributed by atoms with E-state index < -0.39 is 0 Å². The maximum Gasteiger partial charge on any atom is 0.183 e. The van der Waals surface area contributed by atoms with E-state index in [4.69, 9.17) is 28.3 Å². The quantitative estimate of drug-likeness (QED) is 0.129. The normalized spacial score (nSPS) is 20.8. The van der Waals surface area contributed by atoms with Crippen LogP contribution in [0.5, 0.6) is 0 Å². The Kier molecular flexibility index (Phi) is 9.88. The van der Waals surface area contributed by atoms with Gasteiger partial charge >= 0.3 is 0 Å². The van der Waals surface area contributed by atoms with Crippen LogP contribution in [-0.4, -0.2) is 29.0 Å². The average molecular weight is 707 g/mol. The molecule has 50 heavy (non-hydrogen) atoms. The molecule has 2 fully saturated rings. The molecular weight excluding hydrogens is 669 g/mol. The summed E-state index contributed by atoms with van der Waals surface area (Å²) in [6.07, 6.45) is 5.46. The second-order valence-corrected chi connectivity index (χ2v) is 14.7. The third-order valence-corrected chi connectivity index (χ3v) is 11.6. The van der Waals surface area contributed by atoms with Gasteiger partial charge in [-0.1, -0.05) is 83.3 Å². The van der Waals surface area contributed by atoms with Crippen LogP contribution in [0, 0.1) is 11.8 Å². The number of ether oxygens (including phenoxy) is 2. The minimum absolute atomic E-state index is 0.112. The molecule has 2 aromatic carbocycles. The molecule has 0 radical (unpaired) electrons. The molecule has 2 aliphatic rings. The van der Waals surface area contributed by atoms with Gasteiger partial charge in [-0.25, -0.2) is 9.97 Å². The van der Waals surface area contributed by atoms with Crippen LogP contribution < -0.4 is 10.6 Å². The number of benzene rings is 2. The number of hydrogen-bond donors (Lipinski definition) is 2. The summed E-state index contributed by atoms with van der Waals surface area (Å²) in [7, 11) is 0. The number of furan rings is 2. The highest BCUT2D eigenvalue weighted by atomic mass is 32.1. The van der Waals surface area contributed by atoms with E-state index in [0.717, 1.165) is 31.4 Å². The number of ketones is 1. The second-order valence-electron chi connectivity index (χ2n) is 12.7. The summed E-state index contributed by atoms with van der Waals surface area (Å²) in [5.41, 5.74) is 3.89. The molecule has 2 aliphatic heterocycles. The van der Waals surface area contributed by atoms with Gasteiger partial charge in [-0.15, -0.1) is 0 Å². The maximum absolute atomic E-state index is 14.3. The lowest BCUT2D eigenvalue weighted by Gasteiger charge is -2.34. The van der Waals surface area contributed by atoms with E-state index in [-0.39, 0.29) is 24.0 Å². The third-order valence-electron chi connectivity index (χ3n) is 9.35. The minimum atomic E-state index is -0.247. The Bertz CT molecular complexity index is 1830. The van der Waals surface area contributed by atoms with Crippen molar-refractivity contribution in [2.45, 2.75) is 51.0 Å². The summed E-state index contributed by atoms with van der Waals surface area (Å²) in [6.45, 7) is 2.36. The Morgan fingerprint density at radius 3 is 1.52 bits per heavy atom. The predicted octanol–water partition coefficient (Wildman–Crippen LogP) is 9.55. The molecule has 0 bridgehead atoms. The number of carbonyl (C=O) groups is 1. The van der Waals surface area contributed by atoms with Crippen LogP contribution >= 0.6 is 22.7 Å². The second kappa shape index (κ2) is 15.1. The van der Waals surface area contributed by atoms with Crippen molar-refractivity contribution in [2.75, 3.05) is 23.8 Å². The Morgan fingerprint density at radius 1 is 0.640 bits per heavy atom. The molecule has 0 saturated carbocycles. The highest BCUT2D eigenvalue weighted by molar-refractivity contribution is 7.16. The van der Waals surface area contributed by atoms with Crippen LogP contribution in [0.2, 0.25) is 0 Å². The fraction of sp³-hybridized carbons (Fsp3) is 0.308. The molecule has 4 aromatic heterocycles. The van der Waals surface area contributed by atoms with E-state index in [1.807, 2.05) is 60.7 Å². The molecule has 6 aromatic rings. The molecule has 4 unspecified atom stereocenters. The lowest BCUT2D eigenvalue weighted by Crippen LogP contribution is -2.34. The number of aromatic nitrogens is 2. The molecule has 9 nitrogen and oxygen atoms in total. The van der Waals surface area contributed by atoms with E-state index in [1.165, 1.54) is 11.1 Å². The smallest absolute Gasteiger partial charge is 0.183 e. The average Bonchev–Trinajstić information content (AvgIpc) is 4.01. The van der Waals surface area contributed by atoms with Gasteiger partial charge in [-0.05, 0) is 61.1 Å². The molecule has 0 spiro atoms. The van der Waals surface area contributed by atoms with Crippen molar-refractivity contribution in [3.8, 4) is 22.9 Å². The van der Waals surface area contributed by atoms with Crippen molar-refractivity contribution in [3.63, 3.8) is 0 Å².